The molecule has 0 aliphatic heterocycles. The third-order valence-electron chi connectivity index (χ3n) is 4.37. The maximum atomic E-state index is 13.8. The Hall–Kier alpha value is -2.05. The first-order chi connectivity index (χ1) is 13.5. The first-order valence-electron chi connectivity index (χ1n) is 9.03. The van der Waals surface area contributed by atoms with Gasteiger partial charge in [0.05, 0.1) is 5.75 Å². The molecule has 0 spiro atoms. The van der Waals surface area contributed by atoms with Crippen LogP contribution in [0.3, 0.4) is 0 Å². The highest BCUT2D eigenvalue weighted by atomic mass is 35.5. The molecular weight excluding hydrogens is 399 g/mol. The lowest BCUT2D eigenvalue weighted by atomic mass is 10.1. The molecular formula is C21H24ClFN2O2S. The van der Waals surface area contributed by atoms with Crippen LogP contribution in [0.2, 0.25) is 5.02 Å². The average molecular weight is 423 g/mol. The zero-order valence-corrected chi connectivity index (χ0v) is 17.5. The van der Waals surface area contributed by atoms with Crippen LogP contribution in [0.25, 0.3) is 0 Å². The highest BCUT2D eigenvalue weighted by Gasteiger charge is 2.28. The number of hydrogen-bond acceptors (Lipinski definition) is 3. The van der Waals surface area contributed by atoms with Gasteiger partial charge in [-0.3, -0.25) is 9.59 Å². The van der Waals surface area contributed by atoms with E-state index < -0.39 is 6.04 Å². The summed E-state index contributed by atoms with van der Waals surface area (Å²) >= 11 is 7.57. The molecule has 0 aromatic heterocycles. The Morgan fingerprint density at radius 1 is 1.14 bits per heavy atom. The minimum atomic E-state index is -0.595. The van der Waals surface area contributed by atoms with Crippen molar-refractivity contribution in [2.45, 2.75) is 31.7 Å². The maximum Gasteiger partial charge on any atom is 0.242 e. The summed E-state index contributed by atoms with van der Waals surface area (Å²) in [5.41, 5.74) is 1.33. The molecule has 7 heteroatoms. The van der Waals surface area contributed by atoms with Crippen molar-refractivity contribution in [2.75, 3.05) is 12.8 Å². The van der Waals surface area contributed by atoms with Gasteiger partial charge in [-0.05, 0) is 29.7 Å². The minimum absolute atomic E-state index is 0.145. The number of carbonyl (C=O) groups excluding carboxylic acids is 2. The molecule has 4 nitrogen and oxygen atoms in total. The van der Waals surface area contributed by atoms with Gasteiger partial charge in [-0.2, -0.15) is 0 Å². The van der Waals surface area contributed by atoms with Gasteiger partial charge in [0, 0.05) is 24.4 Å². The molecule has 1 unspecified atom stereocenters. The molecule has 1 atom stereocenters. The zero-order valence-electron chi connectivity index (χ0n) is 16.0. The number of hydrogen-bond donors (Lipinski definition) is 1. The molecule has 2 aromatic rings. The maximum absolute atomic E-state index is 13.8. The number of nitrogens with zero attached hydrogens (tertiary/aromatic N) is 1. The lowest BCUT2D eigenvalue weighted by molar-refractivity contribution is -0.139. The Labute approximate surface area is 174 Å². The number of carbonyl (C=O) groups is 2. The van der Waals surface area contributed by atoms with Gasteiger partial charge in [-0.1, -0.05) is 54.9 Å². The van der Waals surface area contributed by atoms with E-state index in [1.54, 1.807) is 36.2 Å². The lowest BCUT2D eigenvalue weighted by Gasteiger charge is -2.30. The summed E-state index contributed by atoms with van der Waals surface area (Å²) in [5, 5.41) is 3.17. The zero-order chi connectivity index (χ0) is 20.5. The van der Waals surface area contributed by atoms with Gasteiger partial charge >= 0.3 is 0 Å². The Morgan fingerprint density at radius 3 is 2.39 bits per heavy atom. The lowest BCUT2D eigenvalue weighted by Crippen LogP contribution is -2.48. The molecule has 0 fully saturated rings. The standard InChI is InChI=1S/C21H24ClFN2O2S/c1-3-19(21(27)24-2)25(12-15-8-4-6-10-17(15)22)20(26)14-28-13-16-9-5-7-11-18(16)23/h4-11,19H,3,12-14H2,1-2H3,(H,24,27). The van der Waals surface area contributed by atoms with Crippen LogP contribution in [0.5, 0.6) is 0 Å². The van der Waals surface area contributed by atoms with E-state index in [4.69, 9.17) is 11.6 Å². The van der Waals surface area contributed by atoms with Crippen molar-refractivity contribution in [3.63, 3.8) is 0 Å². The van der Waals surface area contributed by atoms with Crippen molar-refractivity contribution in [1.29, 1.82) is 0 Å². The Kier molecular flexibility index (Phi) is 8.80. The Balaban J connectivity index is 2.12. The summed E-state index contributed by atoms with van der Waals surface area (Å²) in [6.07, 6.45) is 0.480. The molecule has 2 aromatic carbocycles. The van der Waals surface area contributed by atoms with Gasteiger partial charge < -0.3 is 10.2 Å². The van der Waals surface area contributed by atoms with E-state index in [2.05, 4.69) is 5.32 Å². The minimum Gasteiger partial charge on any atom is -0.357 e. The van der Waals surface area contributed by atoms with E-state index in [9.17, 15) is 14.0 Å². The van der Waals surface area contributed by atoms with Crippen LogP contribution >= 0.6 is 23.4 Å². The summed E-state index contributed by atoms with van der Waals surface area (Å²) in [7, 11) is 1.55. The predicted molar refractivity (Wildman–Crippen MR) is 113 cm³/mol. The number of amides is 2. The number of nitrogens with one attached hydrogen (secondary N) is 1. The first kappa shape index (κ1) is 22.2. The molecule has 0 saturated carbocycles. The van der Waals surface area contributed by atoms with Crippen molar-refractivity contribution in [1.82, 2.24) is 10.2 Å². The Bertz CT molecular complexity index is 818. The summed E-state index contributed by atoms with van der Waals surface area (Å²) in [6.45, 7) is 2.10. The van der Waals surface area contributed by atoms with Gasteiger partial charge in [0.1, 0.15) is 11.9 Å². The van der Waals surface area contributed by atoms with Gasteiger partial charge in [0.2, 0.25) is 11.8 Å². The number of rotatable bonds is 9. The van der Waals surface area contributed by atoms with E-state index in [1.807, 2.05) is 25.1 Å². The van der Waals surface area contributed by atoms with Crippen LogP contribution in [0.1, 0.15) is 24.5 Å². The highest BCUT2D eigenvalue weighted by molar-refractivity contribution is 7.99. The van der Waals surface area contributed by atoms with Gasteiger partial charge in [-0.25, -0.2) is 4.39 Å². The fraction of sp³-hybridized carbons (Fsp3) is 0.333. The number of benzene rings is 2. The third-order valence-corrected chi connectivity index (χ3v) is 5.71. The fourth-order valence-corrected chi connectivity index (χ4v) is 3.93. The predicted octanol–water partition coefficient (Wildman–Crippen LogP) is 4.27. The van der Waals surface area contributed by atoms with Crippen molar-refractivity contribution in [3.05, 3.63) is 70.5 Å². The van der Waals surface area contributed by atoms with Crippen LogP contribution in [0.15, 0.2) is 48.5 Å². The van der Waals surface area contributed by atoms with E-state index in [0.29, 0.717) is 22.8 Å². The molecule has 1 N–H and O–H groups in total. The van der Waals surface area contributed by atoms with Crippen LogP contribution < -0.4 is 5.32 Å². The molecule has 0 radical (unpaired) electrons. The molecule has 0 aliphatic carbocycles. The molecule has 0 bridgehead atoms. The van der Waals surface area contributed by atoms with Gasteiger partial charge in [0.25, 0.3) is 0 Å². The largest absolute Gasteiger partial charge is 0.357 e. The second-order valence-corrected chi connectivity index (χ2v) is 7.63. The van der Waals surface area contributed by atoms with Crippen LogP contribution in [-0.4, -0.2) is 35.6 Å². The molecule has 0 heterocycles. The van der Waals surface area contributed by atoms with E-state index in [1.165, 1.54) is 17.8 Å². The van der Waals surface area contributed by atoms with Crippen molar-refractivity contribution in [2.24, 2.45) is 0 Å². The third kappa shape index (κ3) is 5.97. The smallest absolute Gasteiger partial charge is 0.242 e. The first-order valence-corrected chi connectivity index (χ1v) is 10.6. The van der Waals surface area contributed by atoms with Gasteiger partial charge in [-0.15, -0.1) is 11.8 Å². The summed E-state index contributed by atoms with van der Waals surface area (Å²) in [5.74, 6) is -0.160. The van der Waals surface area contributed by atoms with Crippen LogP contribution in [-0.2, 0) is 21.9 Å². The number of halogens is 2. The second kappa shape index (κ2) is 11.1. The van der Waals surface area contributed by atoms with Crippen LogP contribution in [0, 0.1) is 5.82 Å². The summed E-state index contributed by atoms with van der Waals surface area (Å²) < 4.78 is 13.8. The second-order valence-electron chi connectivity index (χ2n) is 6.24. The highest BCUT2D eigenvalue weighted by Crippen LogP contribution is 2.21. The van der Waals surface area contributed by atoms with Crippen molar-refractivity contribution < 1.29 is 14.0 Å². The van der Waals surface area contributed by atoms with E-state index in [0.717, 1.165) is 5.56 Å². The SMILES string of the molecule is CCC(C(=O)NC)N(Cc1ccccc1Cl)C(=O)CSCc1ccccc1F. The van der Waals surface area contributed by atoms with E-state index in [-0.39, 0.29) is 29.9 Å². The van der Waals surface area contributed by atoms with E-state index >= 15 is 0 Å². The average Bonchev–Trinajstić information content (AvgIpc) is 2.70. The molecule has 150 valence electrons. The molecule has 28 heavy (non-hydrogen) atoms. The number of thioether (sulfide) groups is 1. The summed E-state index contributed by atoms with van der Waals surface area (Å²) in [4.78, 5) is 26.8. The van der Waals surface area contributed by atoms with Crippen molar-refractivity contribution in [3.8, 4) is 0 Å². The molecule has 2 amide bonds. The Morgan fingerprint density at radius 2 is 1.79 bits per heavy atom. The molecule has 2 rings (SSSR count). The topological polar surface area (TPSA) is 49.4 Å². The molecule has 0 saturated heterocycles. The van der Waals surface area contributed by atoms with Gasteiger partial charge in [0.15, 0.2) is 0 Å². The van der Waals surface area contributed by atoms with Crippen LogP contribution in [0.4, 0.5) is 4.39 Å². The van der Waals surface area contributed by atoms with Crippen molar-refractivity contribution >= 4 is 35.2 Å². The normalized spacial score (nSPS) is 11.7. The quantitative estimate of drug-likeness (QED) is 0.656. The fourth-order valence-electron chi connectivity index (χ4n) is 2.84. The monoisotopic (exact) mass is 422 g/mol. The molecule has 0 aliphatic rings. The summed E-state index contributed by atoms with van der Waals surface area (Å²) in [6, 6.07) is 13.2. The number of likely N-dealkylation sites (N-methyl/N-ethyl adjacent to an activating group) is 1.